The van der Waals surface area contributed by atoms with Gasteiger partial charge in [-0.2, -0.15) is 5.26 Å². The molecule has 3 rings (SSSR count). The molecule has 0 radical (unpaired) electrons. The summed E-state index contributed by atoms with van der Waals surface area (Å²) in [4.78, 5) is 23.4. The molecule has 1 unspecified atom stereocenters. The van der Waals surface area contributed by atoms with Crippen LogP contribution < -0.4 is 0 Å². The van der Waals surface area contributed by atoms with E-state index in [2.05, 4.69) is 14.9 Å². The maximum absolute atomic E-state index is 11.2. The van der Waals surface area contributed by atoms with E-state index in [-0.39, 0.29) is 6.54 Å². The molecule has 19 heavy (non-hydrogen) atoms. The van der Waals surface area contributed by atoms with Gasteiger partial charge in [0.25, 0.3) is 0 Å². The van der Waals surface area contributed by atoms with Crippen molar-refractivity contribution in [3.8, 4) is 0 Å². The number of fused-ring (bicyclic) bond motifs is 1. The molecule has 1 fully saturated rings. The van der Waals surface area contributed by atoms with Crippen LogP contribution >= 0.6 is 0 Å². The van der Waals surface area contributed by atoms with E-state index in [1.165, 1.54) is 4.90 Å². The summed E-state index contributed by atoms with van der Waals surface area (Å²) in [5.41, 5.74) is 1.02. The lowest BCUT2D eigenvalue weighted by atomic mass is 9.99. The first-order chi connectivity index (χ1) is 9.12. The van der Waals surface area contributed by atoms with E-state index in [9.17, 15) is 9.90 Å². The van der Waals surface area contributed by atoms with Crippen LogP contribution in [0.5, 0.6) is 0 Å². The third-order valence-electron chi connectivity index (χ3n) is 3.47. The fourth-order valence-electron chi connectivity index (χ4n) is 2.43. The summed E-state index contributed by atoms with van der Waals surface area (Å²) in [7, 11) is 0. The Morgan fingerprint density at radius 3 is 3.16 bits per heavy atom. The Bertz CT molecular complexity index is 593. The molecule has 3 heterocycles. The van der Waals surface area contributed by atoms with Gasteiger partial charge in [-0.15, -0.1) is 0 Å². The van der Waals surface area contributed by atoms with Gasteiger partial charge in [-0.3, -0.25) is 9.87 Å². The topological polar surface area (TPSA) is 98.7 Å². The number of aromatic nitrogens is 2. The second kappa shape index (κ2) is 4.22. The van der Waals surface area contributed by atoms with Gasteiger partial charge in [0.15, 0.2) is 0 Å². The van der Waals surface area contributed by atoms with Crippen LogP contribution in [-0.4, -0.2) is 44.4 Å². The van der Waals surface area contributed by atoms with Crippen molar-refractivity contribution in [2.24, 2.45) is 0 Å². The largest absolute Gasteiger partial charge is 0.441 e. The molecule has 0 spiro atoms. The summed E-state index contributed by atoms with van der Waals surface area (Å²) in [6, 6.07) is 5.43. The number of aromatic amines is 1. The van der Waals surface area contributed by atoms with Gasteiger partial charge in [0, 0.05) is 19.2 Å². The minimum absolute atomic E-state index is 0.0687. The number of rotatable bonds is 1. The van der Waals surface area contributed by atoms with Gasteiger partial charge in [-0.05, 0) is 18.2 Å². The van der Waals surface area contributed by atoms with E-state index in [0.29, 0.717) is 18.7 Å². The zero-order chi connectivity index (χ0) is 13.5. The maximum atomic E-state index is 11.2. The summed E-state index contributed by atoms with van der Waals surface area (Å²) in [5, 5.41) is 18.9. The van der Waals surface area contributed by atoms with Crippen LogP contribution in [0.25, 0.3) is 11.0 Å². The predicted octanol–water partition coefficient (Wildman–Crippen LogP) is 1.07. The zero-order valence-electron chi connectivity index (χ0n) is 10.0. The van der Waals surface area contributed by atoms with Crippen molar-refractivity contribution in [1.29, 1.82) is 0 Å². The highest BCUT2D eigenvalue weighted by atomic mass is 17.1. The summed E-state index contributed by atoms with van der Waals surface area (Å²) in [5.74, 6) is 0. The number of carbonyl (C=O) groups excluding carboxylic acids is 1. The van der Waals surface area contributed by atoms with E-state index >= 15 is 0 Å². The number of carbonyl (C=O) groups is 1. The monoisotopic (exact) mass is 263 g/mol. The van der Waals surface area contributed by atoms with Gasteiger partial charge >= 0.3 is 6.09 Å². The van der Waals surface area contributed by atoms with Crippen LogP contribution in [0, 0.1) is 0 Å². The quantitative estimate of drug-likeness (QED) is 0.528. The van der Waals surface area contributed by atoms with E-state index < -0.39 is 11.7 Å². The van der Waals surface area contributed by atoms with Crippen LogP contribution in [0.2, 0.25) is 0 Å². The van der Waals surface area contributed by atoms with Crippen LogP contribution in [0.3, 0.4) is 0 Å². The number of pyridine rings is 1. The van der Waals surface area contributed by atoms with Crippen molar-refractivity contribution in [2.45, 2.75) is 12.0 Å². The van der Waals surface area contributed by atoms with Gasteiger partial charge in [0.2, 0.25) is 0 Å². The Labute approximate surface area is 108 Å². The lowest BCUT2D eigenvalue weighted by Gasteiger charge is -2.21. The molecule has 1 saturated heterocycles. The molecular weight excluding hydrogens is 250 g/mol. The van der Waals surface area contributed by atoms with E-state index in [1.807, 2.05) is 6.07 Å². The summed E-state index contributed by atoms with van der Waals surface area (Å²) in [6.45, 7) is 0.387. The Morgan fingerprint density at radius 1 is 1.58 bits per heavy atom. The summed E-state index contributed by atoms with van der Waals surface area (Å²) >= 11 is 0. The third-order valence-corrected chi connectivity index (χ3v) is 3.47. The Kier molecular flexibility index (Phi) is 2.65. The van der Waals surface area contributed by atoms with Crippen LogP contribution in [0.1, 0.15) is 12.1 Å². The molecule has 7 nitrogen and oxygen atoms in total. The van der Waals surface area contributed by atoms with Crippen molar-refractivity contribution in [3.05, 3.63) is 30.1 Å². The maximum Gasteiger partial charge on any atom is 0.441 e. The lowest BCUT2D eigenvalue weighted by Crippen LogP contribution is -2.34. The predicted molar refractivity (Wildman–Crippen MR) is 65.3 cm³/mol. The average Bonchev–Trinajstić information content (AvgIpc) is 3.02. The van der Waals surface area contributed by atoms with Crippen LogP contribution in [0.15, 0.2) is 24.4 Å². The highest BCUT2D eigenvalue weighted by molar-refractivity contribution is 5.76. The first-order valence-electron chi connectivity index (χ1n) is 5.89. The van der Waals surface area contributed by atoms with E-state index in [0.717, 1.165) is 11.0 Å². The van der Waals surface area contributed by atoms with Crippen molar-refractivity contribution in [3.63, 3.8) is 0 Å². The summed E-state index contributed by atoms with van der Waals surface area (Å²) < 4.78 is 0. The second-order valence-electron chi connectivity index (χ2n) is 4.68. The number of aliphatic hydroxyl groups is 1. The molecule has 0 aromatic carbocycles. The van der Waals surface area contributed by atoms with Crippen molar-refractivity contribution >= 4 is 17.1 Å². The molecule has 1 amide bonds. The standard InChI is InChI=1S/C12H13N3O4/c16-11(19-18)15-5-3-12(17,7-15)10-6-9-8(14-10)2-1-4-13-9/h1-2,4,6,14,17-18H,3,5,7H2. The fourth-order valence-corrected chi connectivity index (χ4v) is 2.43. The number of H-pyrrole nitrogens is 1. The number of likely N-dealkylation sites (tertiary alicyclic amines) is 1. The van der Waals surface area contributed by atoms with Gasteiger partial charge in [-0.25, -0.2) is 4.79 Å². The normalized spacial score (nSPS) is 22.9. The first kappa shape index (κ1) is 11.9. The molecule has 3 N–H and O–H groups in total. The minimum atomic E-state index is -1.17. The number of β-amino-alcohol motifs (C(OH)–C–C–N with tert-alkyl or cyclic N) is 1. The molecule has 2 aromatic rings. The molecule has 2 aromatic heterocycles. The van der Waals surface area contributed by atoms with E-state index in [4.69, 9.17) is 5.26 Å². The van der Waals surface area contributed by atoms with Crippen LogP contribution in [0.4, 0.5) is 4.79 Å². The molecular formula is C12H13N3O4. The van der Waals surface area contributed by atoms with Crippen molar-refractivity contribution < 1.29 is 20.0 Å². The molecule has 1 aliphatic heterocycles. The van der Waals surface area contributed by atoms with E-state index in [1.54, 1.807) is 18.3 Å². The smallest absolute Gasteiger partial charge is 0.382 e. The Morgan fingerprint density at radius 2 is 2.42 bits per heavy atom. The Balaban J connectivity index is 1.91. The van der Waals surface area contributed by atoms with Crippen LogP contribution in [-0.2, 0) is 10.5 Å². The summed E-state index contributed by atoms with van der Waals surface area (Å²) in [6.07, 6.45) is 1.19. The number of nitrogens with one attached hydrogen (secondary N) is 1. The number of amides is 1. The van der Waals surface area contributed by atoms with Crippen molar-refractivity contribution in [1.82, 2.24) is 14.9 Å². The Hall–Kier alpha value is -2.12. The number of hydrogen-bond donors (Lipinski definition) is 3. The molecule has 0 bridgehead atoms. The molecule has 1 atom stereocenters. The van der Waals surface area contributed by atoms with Gasteiger partial charge in [0.1, 0.15) is 5.60 Å². The van der Waals surface area contributed by atoms with Crippen molar-refractivity contribution in [2.75, 3.05) is 13.1 Å². The number of hydrogen-bond acceptors (Lipinski definition) is 5. The average molecular weight is 263 g/mol. The fraction of sp³-hybridized carbons (Fsp3) is 0.333. The minimum Gasteiger partial charge on any atom is -0.382 e. The first-order valence-corrected chi connectivity index (χ1v) is 5.89. The SMILES string of the molecule is O=C(OO)N1CCC(O)(c2cc3ncccc3[nH]2)C1. The van der Waals surface area contributed by atoms with Gasteiger partial charge in [0.05, 0.1) is 23.3 Å². The molecule has 1 aliphatic rings. The molecule has 7 heteroatoms. The number of nitrogens with zero attached hydrogens (tertiary/aromatic N) is 2. The molecule has 0 aliphatic carbocycles. The zero-order valence-corrected chi connectivity index (χ0v) is 10.0. The lowest BCUT2D eigenvalue weighted by molar-refractivity contribution is -0.187. The molecule has 100 valence electrons. The van der Waals surface area contributed by atoms with Gasteiger partial charge in [-0.1, -0.05) is 0 Å². The third kappa shape index (κ3) is 1.92. The molecule has 0 saturated carbocycles. The second-order valence-corrected chi connectivity index (χ2v) is 4.68. The highest BCUT2D eigenvalue weighted by Crippen LogP contribution is 2.32. The van der Waals surface area contributed by atoms with Gasteiger partial charge < -0.3 is 15.0 Å². The highest BCUT2D eigenvalue weighted by Gasteiger charge is 2.41.